The van der Waals surface area contributed by atoms with Crippen LogP contribution in [0.3, 0.4) is 0 Å². The molecule has 0 unspecified atom stereocenters. The van der Waals surface area contributed by atoms with Gasteiger partial charge < -0.3 is 9.64 Å². The van der Waals surface area contributed by atoms with Crippen LogP contribution in [-0.4, -0.2) is 29.8 Å². The Labute approximate surface area is 151 Å². The van der Waals surface area contributed by atoms with Crippen molar-refractivity contribution in [1.82, 2.24) is 9.88 Å². The Morgan fingerprint density at radius 2 is 2.04 bits per heavy atom. The standard InChI is InChI=1S/C18H20ClF2N3O/c1-5-24(4)10-22-16-8-11(2)18(23-12(16)3)25-13-6-7-15(19)14(9-13)17(20)21/h6-10,17H,5H2,1-4H3. The van der Waals surface area contributed by atoms with Crippen LogP contribution in [0.15, 0.2) is 29.3 Å². The molecule has 0 aliphatic heterocycles. The number of hydrogen-bond acceptors (Lipinski definition) is 3. The summed E-state index contributed by atoms with van der Waals surface area (Å²) in [6.45, 7) is 6.52. The van der Waals surface area contributed by atoms with Gasteiger partial charge in [0.25, 0.3) is 6.43 Å². The number of aromatic nitrogens is 1. The van der Waals surface area contributed by atoms with E-state index >= 15 is 0 Å². The largest absolute Gasteiger partial charge is 0.439 e. The topological polar surface area (TPSA) is 37.7 Å². The summed E-state index contributed by atoms with van der Waals surface area (Å²) in [7, 11) is 1.93. The molecule has 0 bridgehead atoms. The number of alkyl halides is 2. The predicted molar refractivity (Wildman–Crippen MR) is 96.7 cm³/mol. The first-order valence-corrected chi connectivity index (χ1v) is 8.17. The van der Waals surface area contributed by atoms with Crippen molar-refractivity contribution in [2.75, 3.05) is 13.6 Å². The van der Waals surface area contributed by atoms with Gasteiger partial charge in [0.05, 0.1) is 17.7 Å². The fourth-order valence-electron chi connectivity index (χ4n) is 2.01. The average molecular weight is 368 g/mol. The smallest absolute Gasteiger partial charge is 0.265 e. The third-order valence-corrected chi connectivity index (χ3v) is 3.98. The molecule has 2 rings (SSSR count). The quantitative estimate of drug-likeness (QED) is 0.486. The van der Waals surface area contributed by atoms with Gasteiger partial charge in [0.2, 0.25) is 5.88 Å². The summed E-state index contributed by atoms with van der Waals surface area (Å²) in [5, 5.41) is 0.00735. The van der Waals surface area contributed by atoms with Crippen LogP contribution >= 0.6 is 11.6 Å². The molecule has 0 atom stereocenters. The van der Waals surface area contributed by atoms with Crippen molar-refractivity contribution >= 4 is 23.6 Å². The summed E-state index contributed by atoms with van der Waals surface area (Å²) >= 11 is 5.77. The van der Waals surface area contributed by atoms with Gasteiger partial charge in [0.15, 0.2) is 0 Å². The van der Waals surface area contributed by atoms with E-state index < -0.39 is 6.43 Å². The van der Waals surface area contributed by atoms with E-state index in [0.717, 1.165) is 17.8 Å². The van der Waals surface area contributed by atoms with Crippen LogP contribution in [0.25, 0.3) is 0 Å². The lowest BCUT2D eigenvalue weighted by atomic mass is 10.2. The zero-order chi connectivity index (χ0) is 18.6. The molecule has 0 amide bonds. The second-order valence-electron chi connectivity index (χ2n) is 5.62. The Morgan fingerprint density at radius 1 is 1.32 bits per heavy atom. The molecule has 0 saturated heterocycles. The normalized spacial score (nSPS) is 11.4. The molecular weight excluding hydrogens is 348 g/mol. The molecule has 0 aliphatic carbocycles. The van der Waals surface area contributed by atoms with Gasteiger partial charge in [-0.25, -0.2) is 18.8 Å². The first kappa shape index (κ1) is 19.1. The molecule has 0 saturated carbocycles. The summed E-state index contributed by atoms with van der Waals surface area (Å²) in [5.41, 5.74) is 1.90. The molecule has 0 aliphatic rings. The van der Waals surface area contributed by atoms with Crippen LogP contribution in [0.2, 0.25) is 5.02 Å². The second kappa shape index (κ2) is 8.25. The zero-order valence-corrected chi connectivity index (χ0v) is 15.3. The van der Waals surface area contributed by atoms with E-state index in [9.17, 15) is 8.78 Å². The maximum atomic E-state index is 12.9. The minimum atomic E-state index is -2.67. The number of hydrogen-bond donors (Lipinski definition) is 0. The summed E-state index contributed by atoms with van der Waals surface area (Å²) in [4.78, 5) is 10.7. The number of aliphatic imine (C=N–C) groups is 1. The Hall–Kier alpha value is -2.21. The van der Waals surface area contributed by atoms with Crippen LogP contribution in [0, 0.1) is 13.8 Å². The minimum absolute atomic E-state index is 0.00735. The number of halogens is 3. The molecule has 134 valence electrons. The van der Waals surface area contributed by atoms with E-state index in [4.69, 9.17) is 16.3 Å². The first-order chi connectivity index (χ1) is 11.8. The SMILES string of the molecule is CCN(C)C=Nc1cc(C)c(Oc2ccc(Cl)c(C(F)F)c2)nc1C. The second-order valence-corrected chi connectivity index (χ2v) is 6.03. The van der Waals surface area contributed by atoms with Gasteiger partial charge in [0.1, 0.15) is 5.75 Å². The monoisotopic (exact) mass is 367 g/mol. The molecule has 0 fully saturated rings. The number of aryl methyl sites for hydroxylation is 2. The maximum absolute atomic E-state index is 12.9. The number of pyridine rings is 1. The molecule has 4 nitrogen and oxygen atoms in total. The van der Waals surface area contributed by atoms with Crippen molar-refractivity contribution in [2.24, 2.45) is 4.99 Å². The van der Waals surface area contributed by atoms with Gasteiger partial charge in [-0.05, 0) is 45.0 Å². The Kier molecular flexibility index (Phi) is 6.31. The van der Waals surface area contributed by atoms with Crippen molar-refractivity contribution in [3.05, 3.63) is 46.1 Å². The molecule has 0 N–H and O–H groups in total. The highest BCUT2D eigenvalue weighted by Gasteiger charge is 2.14. The van der Waals surface area contributed by atoms with E-state index in [1.807, 2.05) is 38.8 Å². The fourth-order valence-corrected chi connectivity index (χ4v) is 2.21. The van der Waals surface area contributed by atoms with Crippen molar-refractivity contribution in [2.45, 2.75) is 27.2 Å². The average Bonchev–Trinajstić information content (AvgIpc) is 2.57. The summed E-state index contributed by atoms with van der Waals surface area (Å²) in [6.07, 6.45) is -0.933. The first-order valence-electron chi connectivity index (χ1n) is 7.80. The van der Waals surface area contributed by atoms with E-state index in [2.05, 4.69) is 9.98 Å². The van der Waals surface area contributed by atoms with Crippen LogP contribution < -0.4 is 4.74 Å². The maximum Gasteiger partial charge on any atom is 0.265 e. The summed E-state index contributed by atoms with van der Waals surface area (Å²) < 4.78 is 31.6. The molecule has 0 radical (unpaired) electrons. The van der Waals surface area contributed by atoms with Gasteiger partial charge >= 0.3 is 0 Å². The molecular formula is C18H20ClF2N3O. The number of nitrogens with zero attached hydrogens (tertiary/aromatic N) is 3. The molecule has 1 heterocycles. The molecule has 7 heteroatoms. The number of ether oxygens (including phenoxy) is 1. The molecule has 2 aromatic rings. The third kappa shape index (κ3) is 4.89. The molecule has 25 heavy (non-hydrogen) atoms. The van der Waals surface area contributed by atoms with E-state index in [1.54, 1.807) is 6.34 Å². The Bertz CT molecular complexity index is 781. The van der Waals surface area contributed by atoms with Gasteiger partial charge in [-0.1, -0.05) is 11.6 Å². The van der Waals surface area contributed by atoms with Crippen molar-refractivity contribution < 1.29 is 13.5 Å². The Balaban J connectivity index is 2.28. The van der Waals surface area contributed by atoms with Crippen molar-refractivity contribution in [1.29, 1.82) is 0 Å². The van der Waals surface area contributed by atoms with Gasteiger partial charge in [-0.3, -0.25) is 0 Å². The summed E-state index contributed by atoms with van der Waals surface area (Å²) in [6, 6.07) is 6.00. The van der Waals surface area contributed by atoms with E-state index in [0.29, 0.717) is 11.6 Å². The predicted octanol–water partition coefficient (Wildman–Crippen LogP) is 5.69. The lowest BCUT2D eigenvalue weighted by Crippen LogP contribution is -2.14. The summed E-state index contributed by atoms with van der Waals surface area (Å²) in [5.74, 6) is 0.611. The van der Waals surface area contributed by atoms with E-state index in [1.165, 1.54) is 18.2 Å². The van der Waals surface area contributed by atoms with Crippen molar-refractivity contribution in [3.63, 3.8) is 0 Å². The molecule has 1 aromatic carbocycles. The van der Waals surface area contributed by atoms with Crippen LogP contribution in [0.4, 0.5) is 14.5 Å². The van der Waals surface area contributed by atoms with Crippen LogP contribution in [0.1, 0.15) is 30.2 Å². The molecule has 0 spiro atoms. The van der Waals surface area contributed by atoms with Gasteiger partial charge in [0, 0.05) is 29.7 Å². The van der Waals surface area contributed by atoms with Crippen LogP contribution in [-0.2, 0) is 0 Å². The van der Waals surface area contributed by atoms with E-state index in [-0.39, 0.29) is 16.3 Å². The van der Waals surface area contributed by atoms with Gasteiger partial charge in [-0.15, -0.1) is 0 Å². The third-order valence-electron chi connectivity index (χ3n) is 3.64. The Morgan fingerprint density at radius 3 is 2.68 bits per heavy atom. The highest BCUT2D eigenvalue weighted by Crippen LogP contribution is 2.33. The molecule has 1 aromatic heterocycles. The highest BCUT2D eigenvalue weighted by atomic mass is 35.5. The lowest BCUT2D eigenvalue weighted by molar-refractivity contribution is 0.151. The fraction of sp³-hybridized carbons (Fsp3) is 0.333. The minimum Gasteiger partial charge on any atom is -0.439 e. The number of benzene rings is 1. The van der Waals surface area contributed by atoms with Gasteiger partial charge in [-0.2, -0.15) is 0 Å². The lowest BCUT2D eigenvalue weighted by Gasteiger charge is -2.12. The zero-order valence-electron chi connectivity index (χ0n) is 14.6. The number of rotatable bonds is 6. The van der Waals surface area contributed by atoms with Crippen molar-refractivity contribution in [3.8, 4) is 11.6 Å². The highest BCUT2D eigenvalue weighted by molar-refractivity contribution is 6.31. The van der Waals surface area contributed by atoms with Crippen LogP contribution in [0.5, 0.6) is 11.6 Å².